The first-order valence-corrected chi connectivity index (χ1v) is 5.00. The van der Waals surface area contributed by atoms with Crippen molar-refractivity contribution in [2.75, 3.05) is 0 Å². The molecule has 2 N–H and O–H groups in total. The van der Waals surface area contributed by atoms with E-state index in [2.05, 4.69) is 0 Å². The van der Waals surface area contributed by atoms with Crippen LogP contribution in [0.2, 0.25) is 0 Å². The van der Waals surface area contributed by atoms with Crippen molar-refractivity contribution in [3.63, 3.8) is 0 Å². The molecule has 0 aromatic heterocycles. The average molecular weight is 198 g/mol. The van der Waals surface area contributed by atoms with E-state index in [1.165, 1.54) is 0 Å². The second-order valence-corrected chi connectivity index (χ2v) is 4.63. The molecule has 0 aromatic rings. The van der Waals surface area contributed by atoms with Gasteiger partial charge in [0.05, 0.1) is 11.8 Å². The zero-order valence-corrected chi connectivity index (χ0v) is 7.90. The van der Waals surface area contributed by atoms with Crippen molar-refractivity contribution >= 4 is 11.9 Å². The number of rotatable bonds is 2. The fourth-order valence-electron chi connectivity index (χ4n) is 2.56. The maximum Gasteiger partial charge on any atom is 0.307 e. The molecule has 78 valence electrons. The Morgan fingerprint density at radius 1 is 1.00 bits per heavy atom. The summed E-state index contributed by atoms with van der Waals surface area (Å²) < 4.78 is 0. The molecule has 0 radical (unpaired) electrons. The van der Waals surface area contributed by atoms with Crippen molar-refractivity contribution in [2.45, 2.75) is 32.1 Å². The van der Waals surface area contributed by atoms with E-state index in [0.717, 1.165) is 19.3 Å². The summed E-state index contributed by atoms with van der Waals surface area (Å²) in [6.45, 7) is 0. The summed E-state index contributed by atoms with van der Waals surface area (Å²) in [5.74, 6) is -3.22. The van der Waals surface area contributed by atoms with Gasteiger partial charge in [-0.05, 0) is 37.5 Å². The predicted octanol–water partition coefficient (Wildman–Crippen LogP) is 1.35. The molecule has 2 fully saturated rings. The topological polar surface area (TPSA) is 74.6 Å². The summed E-state index contributed by atoms with van der Waals surface area (Å²) in [6.07, 6.45) is 4.17. The molecule has 2 atom stereocenters. The molecule has 2 aliphatic rings. The van der Waals surface area contributed by atoms with Gasteiger partial charge >= 0.3 is 11.9 Å². The van der Waals surface area contributed by atoms with E-state index < -0.39 is 23.8 Å². The SMILES string of the molecule is O=C(O)C1CCC2(CC2)CC1C(=O)O. The van der Waals surface area contributed by atoms with Gasteiger partial charge in [0.15, 0.2) is 0 Å². The van der Waals surface area contributed by atoms with E-state index >= 15 is 0 Å². The highest BCUT2D eigenvalue weighted by atomic mass is 16.4. The largest absolute Gasteiger partial charge is 0.481 e. The molecule has 0 amide bonds. The van der Waals surface area contributed by atoms with Crippen molar-refractivity contribution in [1.29, 1.82) is 0 Å². The van der Waals surface area contributed by atoms with Crippen LogP contribution in [0.15, 0.2) is 0 Å². The van der Waals surface area contributed by atoms with Gasteiger partial charge in [-0.1, -0.05) is 0 Å². The highest BCUT2D eigenvalue weighted by Crippen LogP contribution is 2.58. The van der Waals surface area contributed by atoms with E-state index in [4.69, 9.17) is 10.2 Å². The van der Waals surface area contributed by atoms with E-state index in [0.29, 0.717) is 12.8 Å². The molecule has 4 nitrogen and oxygen atoms in total. The Morgan fingerprint density at radius 2 is 1.57 bits per heavy atom. The first-order chi connectivity index (χ1) is 6.54. The van der Waals surface area contributed by atoms with E-state index in [-0.39, 0.29) is 5.41 Å². The maximum atomic E-state index is 10.9. The third kappa shape index (κ3) is 1.49. The molecule has 14 heavy (non-hydrogen) atoms. The van der Waals surface area contributed by atoms with Gasteiger partial charge in [-0.2, -0.15) is 0 Å². The minimum atomic E-state index is -0.951. The first kappa shape index (κ1) is 9.49. The highest BCUT2D eigenvalue weighted by Gasteiger charge is 2.52. The van der Waals surface area contributed by atoms with Crippen molar-refractivity contribution < 1.29 is 19.8 Å². The van der Waals surface area contributed by atoms with Crippen LogP contribution in [-0.4, -0.2) is 22.2 Å². The van der Waals surface area contributed by atoms with Gasteiger partial charge < -0.3 is 10.2 Å². The number of hydrogen-bond donors (Lipinski definition) is 2. The van der Waals surface area contributed by atoms with E-state index in [9.17, 15) is 9.59 Å². The molecule has 2 rings (SSSR count). The minimum Gasteiger partial charge on any atom is -0.481 e. The van der Waals surface area contributed by atoms with Gasteiger partial charge in [0.1, 0.15) is 0 Å². The third-order valence-electron chi connectivity index (χ3n) is 3.72. The summed E-state index contributed by atoms with van der Waals surface area (Å²) in [4.78, 5) is 21.8. The lowest BCUT2D eigenvalue weighted by molar-refractivity contribution is -0.157. The van der Waals surface area contributed by atoms with Crippen molar-refractivity contribution in [2.24, 2.45) is 17.3 Å². The van der Waals surface area contributed by atoms with Crippen molar-refractivity contribution in [3.8, 4) is 0 Å². The lowest BCUT2D eigenvalue weighted by atomic mass is 9.72. The Kier molecular flexibility index (Phi) is 2.01. The second kappa shape index (κ2) is 2.97. The molecule has 0 aliphatic heterocycles. The minimum absolute atomic E-state index is 0.203. The molecule has 0 heterocycles. The van der Waals surface area contributed by atoms with Crippen LogP contribution in [0.4, 0.5) is 0 Å². The molecule has 1 spiro atoms. The van der Waals surface area contributed by atoms with Gasteiger partial charge in [-0.25, -0.2) is 0 Å². The second-order valence-electron chi connectivity index (χ2n) is 4.63. The summed E-state index contributed by atoms with van der Waals surface area (Å²) >= 11 is 0. The Hall–Kier alpha value is -1.06. The summed E-state index contributed by atoms with van der Waals surface area (Å²) in [7, 11) is 0. The molecular formula is C10H14O4. The van der Waals surface area contributed by atoms with Crippen molar-refractivity contribution in [1.82, 2.24) is 0 Å². The Bertz CT molecular complexity index is 280. The van der Waals surface area contributed by atoms with Crippen LogP contribution in [0.1, 0.15) is 32.1 Å². The van der Waals surface area contributed by atoms with Crippen LogP contribution in [0, 0.1) is 17.3 Å². The summed E-state index contributed by atoms with van der Waals surface area (Å²) in [6, 6.07) is 0. The molecule has 0 bridgehead atoms. The molecule has 2 aliphatic carbocycles. The van der Waals surface area contributed by atoms with E-state index in [1.807, 2.05) is 0 Å². The van der Waals surface area contributed by atoms with Crippen LogP contribution in [0.3, 0.4) is 0 Å². The van der Waals surface area contributed by atoms with Gasteiger partial charge in [-0.3, -0.25) is 9.59 Å². The van der Waals surface area contributed by atoms with Crippen LogP contribution >= 0.6 is 0 Å². The Morgan fingerprint density at radius 3 is 2.00 bits per heavy atom. The fraction of sp³-hybridized carbons (Fsp3) is 0.800. The lowest BCUT2D eigenvalue weighted by Crippen LogP contribution is -2.36. The van der Waals surface area contributed by atoms with Crippen molar-refractivity contribution in [3.05, 3.63) is 0 Å². The highest BCUT2D eigenvalue weighted by molar-refractivity contribution is 5.80. The van der Waals surface area contributed by atoms with Gasteiger partial charge in [0, 0.05) is 0 Å². The quantitative estimate of drug-likeness (QED) is 0.702. The van der Waals surface area contributed by atoms with E-state index in [1.54, 1.807) is 0 Å². The first-order valence-electron chi connectivity index (χ1n) is 5.00. The molecule has 4 heteroatoms. The predicted molar refractivity (Wildman–Crippen MR) is 47.8 cm³/mol. The molecule has 0 aromatic carbocycles. The number of carboxylic acid groups (broad SMARTS) is 2. The Labute approximate surface area is 81.9 Å². The lowest BCUT2D eigenvalue weighted by Gasteiger charge is -2.31. The van der Waals surface area contributed by atoms with Crippen LogP contribution in [0.25, 0.3) is 0 Å². The normalized spacial score (nSPS) is 34.0. The smallest absolute Gasteiger partial charge is 0.307 e. The number of aliphatic carboxylic acids is 2. The van der Waals surface area contributed by atoms with Crippen LogP contribution < -0.4 is 0 Å². The zero-order valence-electron chi connectivity index (χ0n) is 7.90. The summed E-state index contributed by atoms with van der Waals surface area (Å²) in [5, 5.41) is 17.8. The molecule has 0 saturated heterocycles. The zero-order chi connectivity index (χ0) is 10.3. The standard InChI is InChI=1S/C10H14O4/c11-8(12)6-1-2-10(3-4-10)5-7(6)9(13)14/h6-7H,1-5H2,(H,11,12)(H,13,14). The molecule has 2 unspecified atom stereocenters. The molecular weight excluding hydrogens is 184 g/mol. The fourth-order valence-corrected chi connectivity index (χ4v) is 2.56. The average Bonchev–Trinajstić information content (AvgIpc) is 2.84. The monoisotopic (exact) mass is 198 g/mol. The van der Waals surface area contributed by atoms with Crippen LogP contribution in [-0.2, 0) is 9.59 Å². The Balaban J connectivity index is 2.12. The van der Waals surface area contributed by atoms with Crippen LogP contribution in [0.5, 0.6) is 0 Å². The maximum absolute atomic E-state index is 10.9. The number of hydrogen-bond acceptors (Lipinski definition) is 2. The third-order valence-corrected chi connectivity index (χ3v) is 3.72. The van der Waals surface area contributed by atoms with Gasteiger partial charge in [0.2, 0.25) is 0 Å². The summed E-state index contributed by atoms with van der Waals surface area (Å²) in [5.41, 5.74) is 0.203. The number of carboxylic acids is 2. The van der Waals surface area contributed by atoms with Gasteiger partial charge in [-0.15, -0.1) is 0 Å². The molecule has 2 saturated carbocycles. The van der Waals surface area contributed by atoms with Gasteiger partial charge in [0.25, 0.3) is 0 Å². The number of carbonyl (C=O) groups is 2.